The van der Waals surface area contributed by atoms with E-state index in [-0.39, 0.29) is 18.2 Å². The highest BCUT2D eigenvalue weighted by Crippen LogP contribution is 2.23. The van der Waals surface area contributed by atoms with Gasteiger partial charge >= 0.3 is 5.97 Å². The molecule has 0 bridgehead atoms. The lowest BCUT2D eigenvalue weighted by Crippen LogP contribution is -2.28. The molecule has 3 heteroatoms. The molecular formula is C10H16O3. The Morgan fingerprint density at radius 1 is 1.62 bits per heavy atom. The summed E-state index contributed by atoms with van der Waals surface area (Å²) in [4.78, 5) is 11.1. The van der Waals surface area contributed by atoms with Crippen LogP contribution in [0.1, 0.15) is 20.8 Å². The van der Waals surface area contributed by atoms with Gasteiger partial charge in [-0.1, -0.05) is 19.9 Å². The van der Waals surface area contributed by atoms with Crippen LogP contribution in [0.15, 0.2) is 12.2 Å². The van der Waals surface area contributed by atoms with Crippen molar-refractivity contribution in [1.29, 1.82) is 0 Å². The van der Waals surface area contributed by atoms with Crippen molar-refractivity contribution in [2.45, 2.75) is 33.0 Å². The number of epoxide rings is 1. The molecule has 1 rings (SSSR count). The van der Waals surface area contributed by atoms with Crippen molar-refractivity contribution >= 4 is 5.97 Å². The van der Waals surface area contributed by atoms with Gasteiger partial charge in [-0.15, -0.1) is 0 Å². The predicted molar refractivity (Wildman–Crippen MR) is 49.3 cm³/mol. The normalized spacial score (nSPS) is 23.5. The Kier molecular flexibility index (Phi) is 3.48. The molecule has 74 valence electrons. The van der Waals surface area contributed by atoms with Gasteiger partial charge in [-0.05, 0) is 12.8 Å². The molecule has 0 aromatic carbocycles. The lowest BCUT2D eigenvalue weighted by Gasteiger charge is -2.18. The van der Waals surface area contributed by atoms with Crippen molar-refractivity contribution < 1.29 is 14.3 Å². The van der Waals surface area contributed by atoms with E-state index in [1.54, 1.807) is 13.0 Å². The van der Waals surface area contributed by atoms with Gasteiger partial charge in [0.1, 0.15) is 12.2 Å². The number of hydrogen-bond acceptors (Lipinski definition) is 3. The SMILES string of the molecule is C/C=C/C(=O)OC(C(C)C)C1CO1. The summed E-state index contributed by atoms with van der Waals surface area (Å²) in [7, 11) is 0. The Labute approximate surface area is 78.7 Å². The lowest BCUT2D eigenvalue weighted by atomic mass is 10.0. The number of allylic oxidation sites excluding steroid dienone is 1. The highest BCUT2D eigenvalue weighted by Gasteiger charge is 2.37. The topological polar surface area (TPSA) is 38.8 Å². The maximum atomic E-state index is 11.1. The van der Waals surface area contributed by atoms with Gasteiger partial charge in [-0.2, -0.15) is 0 Å². The van der Waals surface area contributed by atoms with Crippen molar-refractivity contribution in [3.05, 3.63) is 12.2 Å². The zero-order valence-electron chi connectivity index (χ0n) is 8.32. The van der Waals surface area contributed by atoms with Gasteiger partial charge in [0.25, 0.3) is 0 Å². The maximum absolute atomic E-state index is 11.1. The van der Waals surface area contributed by atoms with E-state index in [0.717, 1.165) is 0 Å². The molecule has 13 heavy (non-hydrogen) atoms. The number of esters is 1. The first-order chi connectivity index (χ1) is 6.15. The van der Waals surface area contributed by atoms with Gasteiger partial charge < -0.3 is 9.47 Å². The molecule has 3 nitrogen and oxygen atoms in total. The molecule has 0 amide bonds. The molecule has 2 unspecified atom stereocenters. The Balaban J connectivity index is 2.42. The fraction of sp³-hybridized carbons (Fsp3) is 0.700. The van der Waals surface area contributed by atoms with Gasteiger partial charge in [-0.25, -0.2) is 4.79 Å². The molecule has 1 aliphatic heterocycles. The smallest absolute Gasteiger partial charge is 0.330 e. The lowest BCUT2D eigenvalue weighted by molar-refractivity contribution is -0.146. The van der Waals surface area contributed by atoms with Crippen LogP contribution in [-0.4, -0.2) is 24.8 Å². The second-order valence-electron chi connectivity index (χ2n) is 3.52. The van der Waals surface area contributed by atoms with E-state index in [4.69, 9.17) is 9.47 Å². The molecule has 1 fully saturated rings. The summed E-state index contributed by atoms with van der Waals surface area (Å²) in [6.45, 7) is 6.55. The minimum absolute atomic E-state index is 0.0938. The van der Waals surface area contributed by atoms with E-state index in [0.29, 0.717) is 12.5 Å². The summed E-state index contributed by atoms with van der Waals surface area (Å²) in [5, 5.41) is 0. The second kappa shape index (κ2) is 4.42. The van der Waals surface area contributed by atoms with E-state index in [1.165, 1.54) is 6.08 Å². The largest absolute Gasteiger partial charge is 0.456 e. The van der Waals surface area contributed by atoms with Crippen molar-refractivity contribution in [3.63, 3.8) is 0 Å². The van der Waals surface area contributed by atoms with Crippen LogP contribution in [0.4, 0.5) is 0 Å². The van der Waals surface area contributed by atoms with Crippen LogP contribution in [0.2, 0.25) is 0 Å². The first kappa shape index (κ1) is 10.3. The average Bonchev–Trinajstić information content (AvgIpc) is 2.82. The summed E-state index contributed by atoms with van der Waals surface area (Å²) in [5.74, 6) is 0.0263. The molecular weight excluding hydrogens is 168 g/mol. The summed E-state index contributed by atoms with van der Waals surface area (Å²) in [6.07, 6.45) is 3.13. The maximum Gasteiger partial charge on any atom is 0.330 e. The number of ether oxygens (including phenoxy) is 2. The summed E-state index contributed by atoms with van der Waals surface area (Å²) >= 11 is 0. The van der Waals surface area contributed by atoms with Crippen LogP contribution >= 0.6 is 0 Å². The summed E-state index contributed by atoms with van der Waals surface area (Å²) in [6, 6.07) is 0. The highest BCUT2D eigenvalue weighted by molar-refractivity contribution is 5.82. The van der Waals surface area contributed by atoms with Gasteiger partial charge in [0.15, 0.2) is 0 Å². The molecule has 0 saturated carbocycles. The van der Waals surface area contributed by atoms with Crippen LogP contribution in [0, 0.1) is 5.92 Å². The number of rotatable bonds is 4. The van der Waals surface area contributed by atoms with Gasteiger partial charge in [0.05, 0.1) is 6.61 Å². The van der Waals surface area contributed by atoms with E-state index in [2.05, 4.69) is 0 Å². The third-order valence-electron chi connectivity index (χ3n) is 1.94. The van der Waals surface area contributed by atoms with Crippen LogP contribution in [0.3, 0.4) is 0 Å². The Bertz CT molecular complexity index is 202. The fourth-order valence-corrected chi connectivity index (χ4v) is 1.20. The van der Waals surface area contributed by atoms with E-state index < -0.39 is 0 Å². The molecule has 0 aromatic rings. The Morgan fingerprint density at radius 3 is 2.62 bits per heavy atom. The summed E-state index contributed by atoms with van der Waals surface area (Å²) < 4.78 is 10.3. The monoisotopic (exact) mass is 184 g/mol. The summed E-state index contributed by atoms with van der Waals surface area (Å²) in [5.41, 5.74) is 0. The van der Waals surface area contributed by atoms with E-state index in [9.17, 15) is 4.79 Å². The van der Waals surface area contributed by atoms with Crippen molar-refractivity contribution in [2.75, 3.05) is 6.61 Å². The number of carbonyl (C=O) groups is 1. The number of carbonyl (C=O) groups excluding carboxylic acids is 1. The van der Waals surface area contributed by atoms with Crippen molar-refractivity contribution in [1.82, 2.24) is 0 Å². The molecule has 0 spiro atoms. The Morgan fingerprint density at radius 2 is 2.23 bits per heavy atom. The quantitative estimate of drug-likeness (QED) is 0.378. The first-order valence-electron chi connectivity index (χ1n) is 4.60. The van der Waals surface area contributed by atoms with Crippen molar-refractivity contribution in [2.24, 2.45) is 5.92 Å². The van der Waals surface area contributed by atoms with Crippen LogP contribution in [0.5, 0.6) is 0 Å². The minimum atomic E-state index is -0.281. The second-order valence-corrected chi connectivity index (χ2v) is 3.52. The molecule has 0 aliphatic carbocycles. The van der Waals surface area contributed by atoms with Crippen LogP contribution < -0.4 is 0 Å². The number of hydrogen-bond donors (Lipinski definition) is 0. The predicted octanol–water partition coefficient (Wildman–Crippen LogP) is 1.53. The van der Waals surface area contributed by atoms with Gasteiger partial charge in [0, 0.05) is 6.08 Å². The average molecular weight is 184 g/mol. The molecule has 1 heterocycles. The van der Waals surface area contributed by atoms with Crippen molar-refractivity contribution in [3.8, 4) is 0 Å². The third-order valence-corrected chi connectivity index (χ3v) is 1.94. The van der Waals surface area contributed by atoms with Crippen LogP contribution in [-0.2, 0) is 14.3 Å². The Hall–Kier alpha value is -0.830. The van der Waals surface area contributed by atoms with Crippen LogP contribution in [0.25, 0.3) is 0 Å². The standard InChI is InChI=1S/C10H16O3/c1-4-5-9(11)13-10(7(2)3)8-6-12-8/h4-5,7-8,10H,6H2,1-3H3/b5-4+. The fourth-order valence-electron chi connectivity index (χ4n) is 1.20. The third kappa shape index (κ3) is 3.19. The van der Waals surface area contributed by atoms with Gasteiger partial charge in [0.2, 0.25) is 0 Å². The highest BCUT2D eigenvalue weighted by atomic mass is 16.6. The van der Waals surface area contributed by atoms with Gasteiger partial charge in [-0.3, -0.25) is 0 Å². The molecule has 0 radical (unpaired) electrons. The zero-order chi connectivity index (χ0) is 9.84. The first-order valence-corrected chi connectivity index (χ1v) is 4.60. The zero-order valence-corrected chi connectivity index (χ0v) is 8.32. The minimum Gasteiger partial charge on any atom is -0.456 e. The molecule has 0 N–H and O–H groups in total. The van der Waals surface area contributed by atoms with E-state index >= 15 is 0 Å². The molecule has 2 atom stereocenters. The van der Waals surface area contributed by atoms with E-state index in [1.807, 2.05) is 13.8 Å². The molecule has 0 aromatic heterocycles. The molecule has 1 saturated heterocycles. The molecule has 1 aliphatic rings.